The van der Waals surface area contributed by atoms with Crippen LogP contribution in [0.2, 0.25) is 0 Å². The lowest BCUT2D eigenvalue weighted by Gasteiger charge is -2.33. The quantitative estimate of drug-likeness (QED) is 0.685. The normalized spacial score (nSPS) is 24.7. The van der Waals surface area contributed by atoms with E-state index in [4.69, 9.17) is 9.47 Å². The molecular formula is C24H26N2O3. The molecule has 2 saturated carbocycles. The number of fused-ring (bicyclic) bond motifs is 2. The average Bonchev–Trinajstić information content (AvgIpc) is 3.30. The Kier molecular flexibility index (Phi) is 4.05. The summed E-state index contributed by atoms with van der Waals surface area (Å²) in [6.07, 6.45) is 12.2. The number of ether oxygens (including phenoxy) is 2. The van der Waals surface area contributed by atoms with Crippen LogP contribution in [-0.4, -0.2) is 21.3 Å². The lowest BCUT2D eigenvalue weighted by molar-refractivity contribution is 0.0810. The fourth-order valence-corrected chi connectivity index (χ4v) is 5.27. The minimum atomic E-state index is -0.413. The summed E-state index contributed by atoms with van der Waals surface area (Å²) in [5, 5.41) is 11.4. The van der Waals surface area contributed by atoms with Crippen LogP contribution in [0.1, 0.15) is 73.2 Å². The predicted octanol–water partition coefficient (Wildman–Crippen LogP) is 4.95. The summed E-state index contributed by atoms with van der Waals surface area (Å²) in [5.41, 5.74) is 4.86. The van der Waals surface area contributed by atoms with Crippen molar-refractivity contribution in [2.75, 3.05) is 6.79 Å². The average molecular weight is 390 g/mol. The molecule has 5 nitrogen and oxygen atoms in total. The molecule has 0 amide bonds. The van der Waals surface area contributed by atoms with Crippen LogP contribution in [0.5, 0.6) is 11.5 Å². The second-order valence-corrected chi connectivity index (χ2v) is 8.81. The SMILES string of the molecule is OC(c1c(C2CC2)ccn2cncc12)C1CCC(c2ccc3c(c2)OCO3)CC1. The monoisotopic (exact) mass is 390 g/mol. The van der Waals surface area contributed by atoms with Gasteiger partial charge in [-0.15, -0.1) is 0 Å². The number of aliphatic hydroxyl groups excluding tert-OH is 1. The highest BCUT2D eigenvalue weighted by Gasteiger charge is 2.34. The van der Waals surface area contributed by atoms with Gasteiger partial charge in [-0.2, -0.15) is 0 Å². The lowest BCUT2D eigenvalue weighted by Crippen LogP contribution is -2.21. The largest absolute Gasteiger partial charge is 0.454 e. The summed E-state index contributed by atoms with van der Waals surface area (Å²) in [6.45, 7) is 0.321. The summed E-state index contributed by atoms with van der Waals surface area (Å²) in [7, 11) is 0. The van der Waals surface area contributed by atoms with Crippen LogP contribution in [-0.2, 0) is 0 Å². The highest BCUT2D eigenvalue weighted by atomic mass is 16.7. The zero-order valence-corrected chi connectivity index (χ0v) is 16.5. The molecule has 2 aliphatic carbocycles. The molecule has 0 bridgehead atoms. The van der Waals surface area contributed by atoms with E-state index in [0.29, 0.717) is 24.5 Å². The molecule has 3 aromatic rings. The summed E-state index contributed by atoms with van der Waals surface area (Å²) in [4.78, 5) is 4.32. The van der Waals surface area contributed by atoms with E-state index in [0.717, 1.165) is 48.3 Å². The van der Waals surface area contributed by atoms with Crippen molar-refractivity contribution in [3.05, 3.63) is 59.7 Å². The Balaban J connectivity index is 1.22. The van der Waals surface area contributed by atoms with Crippen molar-refractivity contribution in [2.45, 2.75) is 56.5 Å². The van der Waals surface area contributed by atoms with Crippen molar-refractivity contribution in [3.8, 4) is 11.5 Å². The van der Waals surface area contributed by atoms with Gasteiger partial charge in [-0.3, -0.25) is 0 Å². The van der Waals surface area contributed by atoms with E-state index in [-0.39, 0.29) is 0 Å². The number of benzene rings is 1. The van der Waals surface area contributed by atoms with E-state index in [9.17, 15) is 5.11 Å². The lowest BCUT2D eigenvalue weighted by atomic mass is 9.75. The molecule has 2 fully saturated rings. The smallest absolute Gasteiger partial charge is 0.231 e. The molecule has 29 heavy (non-hydrogen) atoms. The summed E-state index contributed by atoms with van der Waals surface area (Å²) in [6, 6.07) is 8.54. The molecule has 3 aliphatic rings. The van der Waals surface area contributed by atoms with Crippen LogP contribution in [0.3, 0.4) is 0 Å². The number of imidazole rings is 1. The number of pyridine rings is 1. The van der Waals surface area contributed by atoms with Gasteiger partial charge >= 0.3 is 0 Å². The molecule has 150 valence electrons. The van der Waals surface area contributed by atoms with E-state index >= 15 is 0 Å². The number of aromatic nitrogens is 2. The van der Waals surface area contributed by atoms with Crippen molar-refractivity contribution >= 4 is 5.52 Å². The minimum Gasteiger partial charge on any atom is -0.454 e. The van der Waals surface area contributed by atoms with Crippen molar-refractivity contribution < 1.29 is 14.6 Å². The fourth-order valence-electron chi connectivity index (χ4n) is 5.27. The summed E-state index contributed by atoms with van der Waals surface area (Å²) < 4.78 is 13.0. The van der Waals surface area contributed by atoms with Gasteiger partial charge in [0, 0.05) is 11.8 Å². The summed E-state index contributed by atoms with van der Waals surface area (Å²) in [5.74, 6) is 3.16. The van der Waals surface area contributed by atoms with Gasteiger partial charge in [0.2, 0.25) is 6.79 Å². The Morgan fingerprint density at radius 1 is 0.966 bits per heavy atom. The second kappa shape index (κ2) is 6.77. The molecule has 6 rings (SSSR count). The van der Waals surface area contributed by atoms with Gasteiger partial charge in [0.25, 0.3) is 0 Å². The number of rotatable bonds is 4. The molecule has 0 radical (unpaired) electrons. The third kappa shape index (κ3) is 2.99. The third-order valence-electron chi connectivity index (χ3n) is 7.07. The van der Waals surface area contributed by atoms with Crippen molar-refractivity contribution in [1.29, 1.82) is 0 Å². The Morgan fingerprint density at radius 3 is 2.59 bits per heavy atom. The standard InChI is InChI=1S/C24H26N2O3/c27-24(23-19(16-3-4-16)9-10-26-13-25-12-20(23)26)17-5-1-15(2-6-17)18-7-8-21-22(11-18)29-14-28-21/h7-13,15-17,24,27H,1-6,14H2. The molecule has 0 saturated heterocycles. The van der Waals surface area contributed by atoms with Crippen LogP contribution in [0, 0.1) is 5.92 Å². The highest BCUT2D eigenvalue weighted by molar-refractivity contribution is 5.59. The Bertz CT molecular complexity index is 1050. The molecule has 1 aliphatic heterocycles. The van der Waals surface area contributed by atoms with E-state index in [1.54, 1.807) is 0 Å². The van der Waals surface area contributed by atoms with Crippen LogP contribution >= 0.6 is 0 Å². The van der Waals surface area contributed by atoms with Gasteiger partial charge in [-0.25, -0.2) is 4.98 Å². The minimum absolute atomic E-state index is 0.305. The number of nitrogens with zero attached hydrogens (tertiary/aromatic N) is 2. The van der Waals surface area contributed by atoms with Gasteiger partial charge in [-0.05, 0) is 85.6 Å². The van der Waals surface area contributed by atoms with Gasteiger partial charge < -0.3 is 19.0 Å². The van der Waals surface area contributed by atoms with E-state index < -0.39 is 6.10 Å². The molecule has 5 heteroatoms. The van der Waals surface area contributed by atoms with Gasteiger partial charge in [-0.1, -0.05) is 6.07 Å². The van der Waals surface area contributed by atoms with Gasteiger partial charge in [0.15, 0.2) is 11.5 Å². The topological polar surface area (TPSA) is 56.0 Å². The fraction of sp³-hybridized carbons (Fsp3) is 0.458. The molecule has 3 heterocycles. The number of hydrogen-bond acceptors (Lipinski definition) is 4. The van der Waals surface area contributed by atoms with E-state index in [1.807, 2.05) is 23.0 Å². The first kappa shape index (κ1) is 17.3. The van der Waals surface area contributed by atoms with Crippen LogP contribution in [0.25, 0.3) is 5.52 Å². The summed E-state index contributed by atoms with van der Waals surface area (Å²) >= 11 is 0. The first-order chi connectivity index (χ1) is 14.3. The Hall–Kier alpha value is -2.53. The molecule has 1 atom stereocenters. The van der Waals surface area contributed by atoms with Crippen LogP contribution in [0.4, 0.5) is 0 Å². The zero-order chi connectivity index (χ0) is 19.4. The van der Waals surface area contributed by atoms with E-state index in [2.05, 4.69) is 29.4 Å². The number of aliphatic hydroxyl groups is 1. The van der Waals surface area contributed by atoms with Crippen molar-refractivity contribution in [1.82, 2.24) is 9.38 Å². The molecule has 1 unspecified atom stereocenters. The van der Waals surface area contributed by atoms with Gasteiger partial charge in [0.05, 0.1) is 24.1 Å². The first-order valence-corrected chi connectivity index (χ1v) is 10.8. The van der Waals surface area contributed by atoms with Crippen molar-refractivity contribution in [2.24, 2.45) is 5.92 Å². The maximum atomic E-state index is 11.4. The van der Waals surface area contributed by atoms with Crippen LogP contribution < -0.4 is 9.47 Å². The maximum Gasteiger partial charge on any atom is 0.231 e. The first-order valence-electron chi connectivity index (χ1n) is 10.8. The van der Waals surface area contributed by atoms with Gasteiger partial charge in [0.1, 0.15) is 0 Å². The second-order valence-electron chi connectivity index (χ2n) is 8.81. The molecule has 1 N–H and O–H groups in total. The third-order valence-corrected chi connectivity index (χ3v) is 7.07. The molecule has 0 spiro atoms. The molecule has 2 aromatic heterocycles. The molecule has 1 aromatic carbocycles. The highest BCUT2D eigenvalue weighted by Crippen LogP contribution is 2.48. The predicted molar refractivity (Wildman–Crippen MR) is 109 cm³/mol. The van der Waals surface area contributed by atoms with Crippen molar-refractivity contribution in [3.63, 3.8) is 0 Å². The Morgan fingerprint density at radius 2 is 1.76 bits per heavy atom. The van der Waals surface area contributed by atoms with E-state index in [1.165, 1.54) is 24.0 Å². The maximum absolute atomic E-state index is 11.4. The zero-order valence-electron chi connectivity index (χ0n) is 16.5. The Labute approximate surface area is 170 Å². The van der Waals surface area contributed by atoms with Crippen LogP contribution in [0.15, 0.2) is 43.0 Å². The number of hydrogen-bond donors (Lipinski definition) is 1. The molecular weight excluding hydrogens is 364 g/mol.